The van der Waals surface area contributed by atoms with E-state index in [1.165, 1.54) is 6.07 Å². The number of hydrogen-bond donors (Lipinski definition) is 0. The molecule has 1 heteroatoms. The van der Waals surface area contributed by atoms with Gasteiger partial charge in [0.25, 0.3) is 0 Å². The smallest absolute Gasteiger partial charge is 0.126 e. The minimum absolute atomic E-state index is 0.136. The van der Waals surface area contributed by atoms with Crippen molar-refractivity contribution in [3.8, 4) is 11.8 Å². The molecule has 0 heterocycles. The third-order valence-corrected chi connectivity index (χ3v) is 2.15. The van der Waals surface area contributed by atoms with Gasteiger partial charge in [-0.25, -0.2) is 4.39 Å². The monoisotopic (exact) mass is 190 g/mol. The van der Waals surface area contributed by atoms with Crippen molar-refractivity contribution < 1.29 is 4.39 Å². The van der Waals surface area contributed by atoms with Crippen LogP contribution in [-0.2, 0) is 6.42 Å². The summed E-state index contributed by atoms with van der Waals surface area (Å²) in [6.45, 7) is 5.70. The summed E-state index contributed by atoms with van der Waals surface area (Å²) in [7, 11) is 0. The first kappa shape index (κ1) is 10.8. The first-order valence-electron chi connectivity index (χ1n) is 4.80. The summed E-state index contributed by atoms with van der Waals surface area (Å²) in [6, 6.07) is 5.25. The fraction of sp³-hybridized carbons (Fsp3) is 0.385. The first-order chi connectivity index (χ1) is 6.63. The van der Waals surface area contributed by atoms with Crippen LogP contribution in [0.25, 0.3) is 0 Å². The zero-order valence-electron chi connectivity index (χ0n) is 8.89. The Kier molecular flexibility index (Phi) is 3.71. The van der Waals surface area contributed by atoms with Gasteiger partial charge in [-0.2, -0.15) is 0 Å². The third-order valence-electron chi connectivity index (χ3n) is 2.15. The van der Waals surface area contributed by atoms with Gasteiger partial charge in [-0.05, 0) is 37.5 Å². The Bertz CT molecular complexity index is 369. The topological polar surface area (TPSA) is 0 Å². The zero-order valence-corrected chi connectivity index (χ0v) is 8.89. The predicted octanol–water partition coefficient (Wildman–Crippen LogP) is 3.34. The lowest BCUT2D eigenvalue weighted by Crippen LogP contribution is -1.97. The Labute approximate surface area is 85.2 Å². The highest BCUT2D eigenvalue weighted by Gasteiger charge is 2.02. The molecule has 1 atom stereocenters. The summed E-state index contributed by atoms with van der Waals surface area (Å²) in [5, 5.41) is 0. The Morgan fingerprint density at radius 2 is 2.14 bits per heavy atom. The van der Waals surface area contributed by atoms with Crippen molar-refractivity contribution in [1.82, 2.24) is 0 Å². The van der Waals surface area contributed by atoms with E-state index < -0.39 is 0 Å². The third kappa shape index (κ3) is 2.88. The van der Waals surface area contributed by atoms with E-state index in [2.05, 4.69) is 18.8 Å². The Balaban J connectivity index is 2.76. The molecule has 0 aliphatic rings. The zero-order chi connectivity index (χ0) is 10.6. The Hall–Kier alpha value is -1.29. The van der Waals surface area contributed by atoms with Crippen LogP contribution >= 0.6 is 0 Å². The van der Waals surface area contributed by atoms with Gasteiger partial charge in [-0.1, -0.05) is 19.1 Å². The molecule has 0 saturated carbocycles. The molecule has 0 fully saturated rings. The van der Waals surface area contributed by atoms with Crippen LogP contribution in [0.1, 0.15) is 25.0 Å². The first-order valence-corrected chi connectivity index (χ1v) is 4.80. The largest absolute Gasteiger partial charge is 0.207 e. The molecule has 0 aromatic heterocycles. The van der Waals surface area contributed by atoms with Crippen molar-refractivity contribution in [1.29, 1.82) is 0 Å². The van der Waals surface area contributed by atoms with Crippen LogP contribution in [0.2, 0.25) is 0 Å². The molecule has 1 rings (SSSR count). The molecule has 0 spiro atoms. The number of aryl methyl sites for hydroxylation is 1. The summed E-state index contributed by atoms with van der Waals surface area (Å²) >= 11 is 0. The van der Waals surface area contributed by atoms with Crippen LogP contribution in [0.4, 0.5) is 4.39 Å². The van der Waals surface area contributed by atoms with Crippen molar-refractivity contribution in [3.05, 3.63) is 35.1 Å². The second-order valence-electron chi connectivity index (χ2n) is 3.58. The second-order valence-corrected chi connectivity index (χ2v) is 3.58. The molecule has 74 valence electrons. The molecule has 0 radical (unpaired) electrons. The van der Waals surface area contributed by atoms with Crippen molar-refractivity contribution >= 4 is 0 Å². The summed E-state index contributed by atoms with van der Waals surface area (Å²) in [6.07, 6.45) is 0.891. The number of halogens is 1. The van der Waals surface area contributed by atoms with Gasteiger partial charge in [0.05, 0.1) is 0 Å². The Morgan fingerprint density at radius 3 is 2.71 bits per heavy atom. The number of rotatable bonds is 2. The molecule has 0 N–H and O–H groups in total. The van der Waals surface area contributed by atoms with Crippen LogP contribution in [0.5, 0.6) is 0 Å². The van der Waals surface area contributed by atoms with Gasteiger partial charge in [0.2, 0.25) is 0 Å². The maximum Gasteiger partial charge on any atom is 0.126 e. The number of benzene rings is 1. The van der Waals surface area contributed by atoms with E-state index in [1.807, 2.05) is 19.1 Å². The standard InChI is InChI=1S/C13H15F/c1-4-5-10(2)8-12-6-7-13(14)11(3)9-12/h6-7,9-10H,8H2,1-3H3. The molecule has 14 heavy (non-hydrogen) atoms. The molecular weight excluding hydrogens is 175 g/mol. The molecular formula is C13H15F. The van der Waals surface area contributed by atoms with Gasteiger partial charge >= 0.3 is 0 Å². The predicted molar refractivity (Wildman–Crippen MR) is 57.5 cm³/mol. The fourth-order valence-electron chi connectivity index (χ4n) is 1.48. The highest BCUT2D eigenvalue weighted by Crippen LogP contribution is 2.12. The molecule has 1 unspecified atom stereocenters. The van der Waals surface area contributed by atoms with Crippen LogP contribution in [0.15, 0.2) is 18.2 Å². The summed E-state index contributed by atoms with van der Waals surface area (Å²) in [5.74, 6) is 6.18. The van der Waals surface area contributed by atoms with Crippen molar-refractivity contribution in [2.24, 2.45) is 5.92 Å². The minimum Gasteiger partial charge on any atom is -0.207 e. The molecule has 0 nitrogen and oxygen atoms in total. The van der Waals surface area contributed by atoms with Crippen molar-refractivity contribution in [2.75, 3.05) is 0 Å². The van der Waals surface area contributed by atoms with Crippen molar-refractivity contribution in [3.63, 3.8) is 0 Å². The lowest BCUT2D eigenvalue weighted by Gasteiger charge is -2.05. The number of hydrogen-bond acceptors (Lipinski definition) is 0. The summed E-state index contributed by atoms with van der Waals surface area (Å²) in [4.78, 5) is 0. The second kappa shape index (κ2) is 4.81. The van der Waals surface area contributed by atoms with Crippen LogP contribution in [0, 0.1) is 30.5 Å². The highest BCUT2D eigenvalue weighted by atomic mass is 19.1. The van der Waals surface area contributed by atoms with E-state index in [0.717, 1.165) is 12.0 Å². The average Bonchev–Trinajstić information content (AvgIpc) is 2.12. The fourth-order valence-corrected chi connectivity index (χ4v) is 1.48. The van der Waals surface area contributed by atoms with Crippen LogP contribution < -0.4 is 0 Å². The molecule has 1 aromatic rings. The van der Waals surface area contributed by atoms with E-state index in [0.29, 0.717) is 11.5 Å². The van der Waals surface area contributed by atoms with Crippen molar-refractivity contribution in [2.45, 2.75) is 27.2 Å². The lowest BCUT2D eigenvalue weighted by molar-refractivity contribution is 0.616. The Morgan fingerprint density at radius 1 is 1.43 bits per heavy atom. The minimum atomic E-state index is -0.136. The average molecular weight is 190 g/mol. The van der Waals surface area contributed by atoms with Gasteiger partial charge in [0.1, 0.15) is 5.82 Å². The van der Waals surface area contributed by atoms with Gasteiger partial charge in [0, 0.05) is 5.92 Å². The molecule has 1 aromatic carbocycles. The normalized spacial score (nSPS) is 11.7. The van der Waals surface area contributed by atoms with E-state index in [-0.39, 0.29) is 5.82 Å². The van der Waals surface area contributed by atoms with E-state index >= 15 is 0 Å². The summed E-state index contributed by atoms with van der Waals surface area (Å²) in [5.41, 5.74) is 1.86. The van der Waals surface area contributed by atoms with Gasteiger partial charge in [0.15, 0.2) is 0 Å². The maximum absolute atomic E-state index is 13.0. The van der Waals surface area contributed by atoms with Gasteiger partial charge < -0.3 is 0 Å². The van der Waals surface area contributed by atoms with Gasteiger partial charge in [-0.15, -0.1) is 11.8 Å². The van der Waals surface area contributed by atoms with Crippen LogP contribution in [0.3, 0.4) is 0 Å². The van der Waals surface area contributed by atoms with E-state index in [1.54, 1.807) is 6.92 Å². The maximum atomic E-state index is 13.0. The molecule has 0 aliphatic heterocycles. The lowest BCUT2D eigenvalue weighted by atomic mass is 10.00. The molecule has 0 saturated heterocycles. The van der Waals surface area contributed by atoms with Gasteiger partial charge in [-0.3, -0.25) is 0 Å². The summed E-state index contributed by atoms with van der Waals surface area (Å²) < 4.78 is 13.0. The van der Waals surface area contributed by atoms with Crippen LogP contribution in [-0.4, -0.2) is 0 Å². The quantitative estimate of drug-likeness (QED) is 0.627. The van der Waals surface area contributed by atoms with E-state index in [4.69, 9.17) is 0 Å². The molecule has 0 aliphatic carbocycles. The SMILES string of the molecule is CC#CC(C)Cc1ccc(F)c(C)c1. The van der Waals surface area contributed by atoms with E-state index in [9.17, 15) is 4.39 Å². The molecule has 0 amide bonds. The molecule has 0 bridgehead atoms. The highest BCUT2D eigenvalue weighted by molar-refractivity contribution is 5.25.